The summed E-state index contributed by atoms with van der Waals surface area (Å²) in [5.74, 6) is -3.15. The maximum atomic E-state index is 10.8. The molecule has 0 unspecified atom stereocenters. The molecule has 0 aliphatic heterocycles. The maximum Gasteiger partial charge on any atom is 0.373 e. The third-order valence-corrected chi connectivity index (χ3v) is 5.34. The van der Waals surface area contributed by atoms with Crippen LogP contribution in [0, 0.1) is 0 Å². The van der Waals surface area contributed by atoms with Crippen LogP contribution in [-0.2, 0) is 23.5 Å². The summed E-state index contributed by atoms with van der Waals surface area (Å²) in [5.41, 5.74) is 0. The summed E-state index contributed by atoms with van der Waals surface area (Å²) in [4.78, 5) is 55.3. The van der Waals surface area contributed by atoms with Gasteiger partial charge in [0.25, 0.3) is 0 Å². The van der Waals surface area contributed by atoms with Crippen molar-refractivity contribution in [3.8, 4) is 0 Å². The summed E-state index contributed by atoms with van der Waals surface area (Å²) in [6.45, 7) is -1.74. The fourth-order valence-electron chi connectivity index (χ4n) is 0.690. The number of aliphatic hydroxyl groups is 1. The Morgan fingerprint density at radius 2 is 1.44 bits per heavy atom. The SMILES string of the molecule is O=C(O)CC(=O)OCC(O)(P(=O)(O)O)P(=O)(O)O. The largest absolute Gasteiger partial charge is 0.481 e. The quantitative estimate of drug-likeness (QED) is 0.180. The molecule has 0 aliphatic carbocycles. The Morgan fingerprint density at radius 3 is 1.72 bits per heavy atom. The van der Waals surface area contributed by atoms with Gasteiger partial charge in [-0.3, -0.25) is 18.7 Å². The number of ether oxygens (including phenoxy) is 1. The highest BCUT2D eigenvalue weighted by atomic mass is 31.2. The van der Waals surface area contributed by atoms with Crippen LogP contribution in [-0.4, -0.2) is 53.4 Å². The standard InChI is InChI=1S/C5H10O11P2/c6-3(7)1-4(8)16-2-5(9,17(10,11)12)18(13,14)15/h9H,1-2H2,(H,6,7)(H2,10,11,12)(H2,13,14,15). The van der Waals surface area contributed by atoms with Crippen molar-refractivity contribution < 1.29 is 53.2 Å². The second-order valence-corrected chi connectivity index (χ2v) is 7.10. The van der Waals surface area contributed by atoms with Crippen molar-refractivity contribution in [2.75, 3.05) is 6.61 Å². The van der Waals surface area contributed by atoms with Gasteiger partial charge in [0.15, 0.2) is 0 Å². The zero-order chi connectivity index (χ0) is 14.8. The van der Waals surface area contributed by atoms with Crippen molar-refractivity contribution >= 4 is 27.1 Å². The summed E-state index contributed by atoms with van der Waals surface area (Å²) in [6, 6.07) is 0. The van der Waals surface area contributed by atoms with Gasteiger partial charge in [-0.1, -0.05) is 0 Å². The van der Waals surface area contributed by atoms with Crippen LogP contribution in [0.5, 0.6) is 0 Å². The number of esters is 1. The number of hydrogen-bond acceptors (Lipinski definition) is 6. The first kappa shape index (κ1) is 17.2. The third kappa shape index (κ3) is 4.14. The lowest BCUT2D eigenvalue weighted by atomic mass is 10.4. The lowest BCUT2D eigenvalue weighted by Gasteiger charge is -2.28. The van der Waals surface area contributed by atoms with E-state index in [4.69, 9.17) is 24.7 Å². The Labute approximate surface area is 99.3 Å². The number of carboxylic acid groups (broad SMARTS) is 1. The van der Waals surface area contributed by atoms with Crippen LogP contribution in [0.1, 0.15) is 6.42 Å². The van der Waals surface area contributed by atoms with Gasteiger partial charge in [0.1, 0.15) is 13.0 Å². The van der Waals surface area contributed by atoms with E-state index in [-0.39, 0.29) is 0 Å². The topological polar surface area (TPSA) is 199 Å². The fourth-order valence-corrected chi connectivity index (χ4v) is 2.51. The first-order valence-electron chi connectivity index (χ1n) is 4.02. The van der Waals surface area contributed by atoms with Gasteiger partial charge in [0.05, 0.1) is 0 Å². The van der Waals surface area contributed by atoms with E-state index in [1.54, 1.807) is 0 Å². The molecule has 0 rings (SSSR count). The number of rotatable bonds is 6. The first-order chi connectivity index (χ1) is 7.81. The van der Waals surface area contributed by atoms with Crippen molar-refractivity contribution in [3.63, 3.8) is 0 Å². The number of aliphatic carboxylic acids is 1. The maximum absolute atomic E-state index is 10.8. The van der Waals surface area contributed by atoms with E-state index in [9.17, 15) is 23.8 Å². The Bertz CT molecular complexity index is 407. The van der Waals surface area contributed by atoms with Crippen LogP contribution < -0.4 is 0 Å². The van der Waals surface area contributed by atoms with E-state index in [2.05, 4.69) is 4.74 Å². The van der Waals surface area contributed by atoms with Gasteiger partial charge in [-0.05, 0) is 0 Å². The molecule has 6 N–H and O–H groups in total. The molecule has 0 saturated carbocycles. The first-order valence-corrected chi connectivity index (χ1v) is 7.25. The second-order valence-electron chi connectivity index (χ2n) is 3.09. The van der Waals surface area contributed by atoms with Crippen molar-refractivity contribution in [3.05, 3.63) is 0 Å². The molecule has 18 heavy (non-hydrogen) atoms. The monoisotopic (exact) mass is 308 g/mol. The van der Waals surface area contributed by atoms with Gasteiger partial charge in [-0.25, -0.2) is 0 Å². The zero-order valence-electron chi connectivity index (χ0n) is 8.53. The summed E-state index contributed by atoms with van der Waals surface area (Å²) in [7, 11) is -11.5. The van der Waals surface area contributed by atoms with Crippen LogP contribution in [0.2, 0.25) is 0 Å². The molecule has 0 aromatic rings. The molecule has 13 heteroatoms. The number of carbonyl (C=O) groups is 2. The number of hydrogen-bond donors (Lipinski definition) is 6. The highest BCUT2D eigenvalue weighted by Crippen LogP contribution is 2.67. The minimum Gasteiger partial charge on any atom is -0.481 e. The molecule has 106 valence electrons. The lowest BCUT2D eigenvalue weighted by molar-refractivity contribution is -0.153. The smallest absolute Gasteiger partial charge is 0.373 e. The Hall–Kier alpha value is -0.800. The summed E-state index contributed by atoms with van der Waals surface area (Å²) >= 11 is 0. The molecule has 0 aromatic carbocycles. The number of carbonyl (C=O) groups excluding carboxylic acids is 1. The van der Waals surface area contributed by atoms with E-state index < -0.39 is 45.2 Å². The van der Waals surface area contributed by atoms with E-state index >= 15 is 0 Å². The third-order valence-electron chi connectivity index (χ3n) is 1.66. The van der Waals surface area contributed by atoms with Crippen LogP contribution in [0.15, 0.2) is 0 Å². The zero-order valence-corrected chi connectivity index (χ0v) is 10.3. The molecular formula is C5H10O11P2. The highest BCUT2D eigenvalue weighted by molar-refractivity contribution is 7.72. The summed E-state index contributed by atoms with van der Waals surface area (Å²) < 4.78 is 25.5. The normalized spacial score (nSPS) is 13.2. The fraction of sp³-hybridized carbons (Fsp3) is 0.600. The van der Waals surface area contributed by atoms with Gasteiger partial charge < -0.3 is 34.5 Å². The van der Waals surface area contributed by atoms with Gasteiger partial charge in [-0.15, -0.1) is 0 Å². The molecule has 0 fully saturated rings. The molecule has 0 aliphatic rings. The van der Waals surface area contributed by atoms with Crippen LogP contribution in [0.3, 0.4) is 0 Å². The molecule has 0 heterocycles. The van der Waals surface area contributed by atoms with Crippen LogP contribution in [0.4, 0.5) is 0 Å². The van der Waals surface area contributed by atoms with E-state index in [0.29, 0.717) is 0 Å². The number of carboxylic acids is 1. The average molecular weight is 308 g/mol. The summed E-state index contributed by atoms with van der Waals surface area (Å²) in [5, 5.41) is 13.5. The highest BCUT2D eigenvalue weighted by Gasteiger charge is 2.60. The summed E-state index contributed by atoms with van der Waals surface area (Å²) in [6.07, 6.45) is -1.20. The molecule has 0 saturated heterocycles. The minimum absolute atomic E-state index is 1.20. The Kier molecular flexibility index (Phi) is 5.21. The minimum atomic E-state index is -5.73. The predicted molar refractivity (Wildman–Crippen MR) is 52.2 cm³/mol. The Morgan fingerprint density at radius 1 is 1.06 bits per heavy atom. The average Bonchev–Trinajstić information content (AvgIpc) is 2.09. The lowest BCUT2D eigenvalue weighted by Crippen LogP contribution is -2.35. The van der Waals surface area contributed by atoms with Crippen molar-refractivity contribution in [2.24, 2.45) is 0 Å². The van der Waals surface area contributed by atoms with Crippen LogP contribution >= 0.6 is 15.2 Å². The van der Waals surface area contributed by atoms with Crippen LogP contribution in [0.25, 0.3) is 0 Å². The molecule has 0 bridgehead atoms. The van der Waals surface area contributed by atoms with E-state index in [1.807, 2.05) is 0 Å². The van der Waals surface area contributed by atoms with Gasteiger partial charge in [-0.2, -0.15) is 0 Å². The molecule has 11 nitrogen and oxygen atoms in total. The van der Waals surface area contributed by atoms with Gasteiger partial charge in [0, 0.05) is 0 Å². The van der Waals surface area contributed by atoms with E-state index in [1.165, 1.54) is 0 Å². The van der Waals surface area contributed by atoms with Crippen molar-refractivity contribution in [1.82, 2.24) is 0 Å². The van der Waals surface area contributed by atoms with E-state index in [0.717, 1.165) is 0 Å². The molecular weight excluding hydrogens is 298 g/mol. The molecule has 0 aromatic heterocycles. The molecule has 0 amide bonds. The second kappa shape index (κ2) is 5.45. The van der Waals surface area contributed by atoms with Crippen molar-refractivity contribution in [2.45, 2.75) is 11.5 Å². The predicted octanol–water partition coefficient (Wildman–Crippen LogP) is -1.99. The Balaban J connectivity index is 4.98. The van der Waals surface area contributed by atoms with Gasteiger partial charge in [0.2, 0.25) is 0 Å². The molecule has 0 atom stereocenters. The molecule has 0 spiro atoms. The van der Waals surface area contributed by atoms with Crippen molar-refractivity contribution in [1.29, 1.82) is 0 Å². The van der Waals surface area contributed by atoms with Gasteiger partial charge >= 0.3 is 32.2 Å². The molecule has 0 radical (unpaired) electrons.